The lowest BCUT2D eigenvalue weighted by Gasteiger charge is -2.20. The van der Waals surface area contributed by atoms with Crippen molar-refractivity contribution in [3.63, 3.8) is 0 Å². The number of anilines is 1. The number of sulfonamides is 1. The number of amides is 1. The molecule has 1 unspecified atom stereocenters. The van der Waals surface area contributed by atoms with Crippen LogP contribution in [0.5, 0.6) is 0 Å². The third kappa shape index (κ3) is 4.37. The maximum atomic E-state index is 12.5. The van der Waals surface area contributed by atoms with Crippen LogP contribution in [0.25, 0.3) is 0 Å². The Kier molecular flexibility index (Phi) is 5.84. The average molecular weight is 491 g/mol. The smallest absolute Gasteiger partial charge is 0.285 e. The summed E-state index contributed by atoms with van der Waals surface area (Å²) >= 11 is 3.51. The number of halogens is 1. The van der Waals surface area contributed by atoms with Crippen LogP contribution in [0, 0.1) is 5.92 Å². The van der Waals surface area contributed by atoms with Gasteiger partial charge in [-0.3, -0.25) is 4.79 Å². The number of hydrogen-bond donors (Lipinski definition) is 1. The number of rotatable bonds is 5. The van der Waals surface area contributed by atoms with Crippen LogP contribution >= 0.6 is 15.9 Å². The highest BCUT2D eigenvalue weighted by Gasteiger charge is 2.31. The fourth-order valence-electron chi connectivity index (χ4n) is 3.87. The van der Waals surface area contributed by atoms with E-state index in [1.807, 2.05) is 12.1 Å². The molecule has 1 atom stereocenters. The second kappa shape index (κ2) is 8.39. The molecule has 0 spiro atoms. The molecular formula is C21H23BrN4O3S. The number of nitrogens with one attached hydrogen (secondary N) is 1. The maximum absolute atomic E-state index is 12.5. The monoisotopic (exact) mass is 490 g/mol. The first-order valence-corrected chi connectivity index (χ1v) is 12.0. The molecule has 0 aromatic heterocycles. The van der Waals surface area contributed by atoms with E-state index in [2.05, 4.69) is 42.7 Å². The van der Waals surface area contributed by atoms with Gasteiger partial charge < -0.3 is 15.1 Å². The van der Waals surface area contributed by atoms with Crippen molar-refractivity contribution in [2.24, 2.45) is 10.3 Å². The number of hydrogen-bond acceptors (Lipinski definition) is 5. The van der Waals surface area contributed by atoms with Crippen molar-refractivity contribution in [2.75, 3.05) is 38.1 Å². The van der Waals surface area contributed by atoms with Crippen LogP contribution in [0.3, 0.4) is 0 Å². The molecule has 9 heteroatoms. The Morgan fingerprint density at radius 3 is 2.87 bits per heavy atom. The fraction of sp³-hybridized carbons (Fsp3) is 0.333. The Morgan fingerprint density at radius 1 is 1.27 bits per heavy atom. The minimum atomic E-state index is -3.69. The third-order valence-electron chi connectivity index (χ3n) is 5.40. The van der Waals surface area contributed by atoms with Crippen molar-refractivity contribution in [3.05, 3.63) is 58.6 Å². The summed E-state index contributed by atoms with van der Waals surface area (Å²) in [6.45, 7) is 2.50. The van der Waals surface area contributed by atoms with Gasteiger partial charge in [-0.1, -0.05) is 34.1 Å². The average Bonchev–Trinajstić information content (AvgIpc) is 3.29. The summed E-state index contributed by atoms with van der Waals surface area (Å²) in [5.74, 6) is 0.536. The van der Waals surface area contributed by atoms with Crippen LogP contribution in [0.2, 0.25) is 0 Å². The van der Waals surface area contributed by atoms with E-state index in [4.69, 9.17) is 0 Å². The number of fused-ring (bicyclic) bond motifs is 1. The topological polar surface area (TPSA) is 82.1 Å². The Hall–Kier alpha value is -2.39. The molecule has 1 fully saturated rings. The maximum Gasteiger partial charge on any atom is 0.285 e. The molecule has 2 heterocycles. The molecule has 1 N–H and O–H groups in total. The van der Waals surface area contributed by atoms with E-state index in [0.29, 0.717) is 23.9 Å². The summed E-state index contributed by atoms with van der Waals surface area (Å²) in [6, 6.07) is 14.9. The number of carbonyl (C=O) groups is 1. The summed E-state index contributed by atoms with van der Waals surface area (Å²) < 4.78 is 29.3. The Bertz CT molecular complexity index is 1100. The molecule has 0 radical (unpaired) electrons. The third-order valence-corrected chi connectivity index (χ3v) is 7.22. The van der Waals surface area contributed by atoms with Gasteiger partial charge >= 0.3 is 0 Å². The summed E-state index contributed by atoms with van der Waals surface area (Å²) in [5.41, 5.74) is 1.71. The van der Waals surface area contributed by atoms with E-state index >= 15 is 0 Å². The largest absolute Gasteiger partial charge is 0.371 e. The number of amidine groups is 1. The number of benzene rings is 2. The zero-order valence-corrected chi connectivity index (χ0v) is 19.0. The first-order valence-electron chi connectivity index (χ1n) is 9.76. The lowest BCUT2D eigenvalue weighted by atomic mass is 10.1. The summed E-state index contributed by atoms with van der Waals surface area (Å²) in [6.07, 6.45) is 1.01. The Labute approximate surface area is 185 Å². The molecule has 0 bridgehead atoms. The van der Waals surface area contributed by atoms with Crippen LogP contribution in [0.4, 0.5) is 5.69 Å². The van der Waals surface area contributed by atoms with Crippen molar-refractivity contribution >= 4 is 43.4 Å². The van der Waals surface area contributed by atoms with Crippen LogP contribution in [-0.4, -0.2) is 58.3 Å². The molecule has 0 saturated carbocycles. The predicted molar refractivity (Wildman–Crippen MR) is 120 cm³/mol. The zero-order chi connectivity index (χ0) is 21.3. The minimum Gasteiger partial charge on any atom is -0.371 e. The summed E-state index contributed by atoms with van der Waals surface area (Å²) in [4.78, 5) is 16.6. The van der Waals surface area contributed by atoms with Crippen molar-refractivity contribution in [3.8, 4) is 0 Å². The van der Waals surface area contributed by atoms with E-state index in [1.165, 1.54) is 11.8 Å². The van der Waals surface area contributed by atoms with Crippen molar-refractivity contribution in [1.29, 1.82) is 0 Å². The van der Waals surface area contributed by atoms with Crippen LogP contribution in [0.1, 0.15) is 12.0 Å². The van der Waals surface area contributed by atoms with E-state index in [1.54, 1.807) is 30.1 Å². The lowest BCUT2D eigenvalue weighted by Crippen LogP contribution is -2.40. The fourth-order valence-corrected chi connectivity index (χ4v) is 5.51. The quantitative estimate of drug-likeness (QED) is 0.695. The number of nitrogens with zero attached hydrogens (tertiary/aromatic N) is 3. The Morgan fingerprint density at radius 2 is 2.07 bits per heavy atom. The van der Waals surface area contributed by atoms with E-state index in [9.17, 15) is 13.2 Å². The van der Waals surface area contributed by atoms with Gasteiger partial charge in [0.25, 0.3) is 10.0 Å². The normalized spacial score (nSPS) is 19.3. The molecule has 2 aromatic carbocycles. The lowest BCUT2D eigenvalue weighted by molar-refractivity contribution is -0.121. The minimum absolute atomic E-state index is 0.0464. The van der Waals surface area contributed by atoms with E-state index in [0.717, 1.165) is 24.0 Å². The Balaban J connectivity index is 1.31. The molecule has 2 aromatic rings. The zero-order valence-electron chi connectivity index (χ0n) is 16.6. The number of likely N-dealkylation sites (N-methyl/N-ethyl adjacent to an activating group) is 1. The van der Waals surface area contributed by atoms with Crippen molar-refractivity contribution < 1.29 is 13.2 Å². The summed E-state index contributed by atoms with van der Waals surface area (Å²) in [7, 11) is -2.01. The van der Waals surface area contributed by atoms with Crippen LogP contribution in [0.15, 0.2) is 62.3 Å². The second-order valence-corrected chi connectivity index (χ2v) is 10.1. The van der Waals surface area contributed by atoms with Gasteiger partial charge in [-0.15, -0.1) is 4.40 Å². The highest BCUT2D eigenvalue weighted by molar-refractivity contribution is 9.10. The number of carbonyl (C=O) groups excluding carboxylic acids is 1. The molecule has 2 aliphatic rings. The molecule has 1 saturated heterocycles. The molecule has 158 valence electrons. The molecule has 0 aliphatic carbocycles. The highest BCUT2D eigenvalue weighted by Crippen LogP contribution is 2.27. The van der Waals surface area contributed by atoms with Crippen molar-refractivity contribution in [1.82, 2.24) is 10.2 Å². The van der Waals surface area contributed by atoms with Gasteiger partial charge in [0.1, 0.15) is 4.90 Å². The van der Waals surface area contributed by atoms with Gasteiger partial charge in [0.05, 0.1) is 6.54 Å². The van der Waals surface area contributed by atoms with Gasteiger partial charge in [-0.25, -0.2) is 0 Å². The molecule has 1 amide bonds. The van der Waals surface area contributed by atoms with Gasteiger partial charge in [-0.05, 0) is 42.7 Å². The highest BCUT2D eigenvalue weighted by atomic mass is 79.9. The van der Waals surface area contributed by atoms with Gasteiger partial charge in [-0.2, -0.15) is 8.42 Å². The van der Waals surface area contributed by atoms with E-state index < -0.39 is 10.0 Å². The van der Waals surface area contributed by atoms with Crippen molar-refractivity contribution in [2.45, 2.75) is 11.3 Å². The predicted octanol–water partition coefficient (Wildman–Crippen LogP) is 2.47. The van der Waals surface area contributed by atoms with Gasteiger partial charge in [0.2, 0.25) is 5.91 Å². The van der Waals surface area contributed by atoms with Gasteiger partial charge in [0, 0.05) is 42.4 Å². The van der Waals surface area contributed by atoms with Gasteiger partial charge in [0.15, 0.2) is 5.84 Å². The molecule has 7 nitrogen and oxygen atoms in total. The first-order chi connectivity index (χ1) is 14.3. The van der Waals surface area contributed by atoms with E-state index in [-0.39, 0.29) is 17.3 Å². The second-order valence-electron chi connectivity index (χ2n) is 7.63. The first kappa shape index (κ1) is 20.9. The van der Waals surface area contributed by atoms with Crippen LogP contribution in [-0.2, 0) is 14.8 Å². The molecule has 4 rings (SSSR count). The molecular weight excluding hydrogens is 468 g/mol. The molecule has 30 heavy (non-hydrogen) atoms. The summed E-state index contributed by atoms with van der Waals surface area (Å²) in [5, 5.41) is 2.99. The van der Waals surface area contributed by atoms with Crippen LogP contribution < -0.4 is 10.2 Å². The molecule has 2 aliphatic heterocycles. The SMILES string of the molecule is CN(CC(=O)NCC1CCN(c2cccc(Br)c2)C1)C1=NS(=O)(=O)c2ccccc21. The standard InChI is InChI=1S/C21H23BrN4O3S/c1-25(21-18-7-2-3-8-19(18)30(28,29)24-21)14-20(27)23-12-15-9-10-26(13-15)17-6-4-5-16(22)11-17/h2-8,11,15H,9-10,12-14H2,1H3,(H,23,27).